The Hall–Kier alpha value is -3.09. The van der Waals surface area contributed by atoms with Crippen molar-refractivity contribution in [3.05, 3.63) is 144 Å². The molecule has 2 fully saturated rings. The standard InChI is InChI=1S/C41H48O8S/c1-28-34(42)36(43-24-30-16-8-4-9-17-30)38(45-26-32-20-12-6-13-21-32)40(47-28)49-35-29(2)48-41(50-3)39(46-27-33-22-14-7-15-23-33)37(35)44-25-31-18-10-5-11-19-31/h4-23,28-29,34-42H,24-27H2,1-3H3/t28-,29-,34-,35-,36+,37+,38+,39+,40-,41-/m0/s1. The summed E-state index contributed by atoms with van der Waals surface area (Å²) in [5, 5.41) is 11.5. The van der Waals surface area contributed by atoms with Crippen molar-refractivity contribution in [1.29, 1.82) is 0 Å². The van der Waals surface area contributed by atoms with Crippen molar-refractivity contribution in [2.75, 3.05) is 6.26 Å². The van der Waals surface area contributed by atoms with Gasteiger partial charge < -0.3 is 38.3 Å². The highest BCUT2D eigenvalue weighted by molar-refractivity contribution is 7.99. The zero-order valence-corrected chi connectivity index (χ0v) is 29.7. The van der Waals surface area contributed by atoms with Crippen LogP contribution in [-0.4, -0.2) is 71.9 Å². The van der Waals surface area contributed by atoms with Gasteiger partial charge in [-0.05, 0) is 42.4 Å². The topological polar surface area (TPSA) is 84.8 Å². The van der Waals surface area contributed by atoms with Crippen LogP contribution in [-0.2, 0) is 59.6 Å². The van der Waals surface area contributed by atoms with Gasteiger partial charge in [-0.25, -0.2) is 0 Å². The number of aliphatic hydroxyl groups is 1. The van der Waals surface area contributed by atoms with E-state index in [4.69, 9.17) is 33.2 Å². The Kier molecular flexibility index (Phi) is 13.5. The largest absolute Gasteiger partial charge is 0.388 e. The maximum atomic E-state index is 11.5. The minimum atomic E-state index is -0.952. The molecule has 0 amide bonds. The third-order valence-electron chi connectivity index (χ3n) is 9.15. The average molecular weight is 701 g/mol. The van der Waals surface area contributed by atoms with E-state index in [2.05, 4.69) is 0 Å². The lowest BCUT2D eigenvalue weighted by Gasteiger charge is -2.49. The maximum Gasteiger partial charge on any atom is 0.187 e. The summed E-state index contributed by atoms with van der Waals surface area (Å²) < 4.78 is 46.3. The smallest absolute Gasteiger partial charge is 0.187 e. The molecular formula is C41H48O8S. The van der Waals surface area contributed by atoms with Gasteiger partial charge in [0, 0.05) is 0 Å². The Bertz CT molecular complexity index is 1530. The molecule has 4 aromatic rings. The zero-order chi connectivity index (χ0) is 34.7. The van der Waals surface area contributed by atoms with Crippen LogP contribution in [0.15, 0.2) is 121 Å². The van der Waals surface area contributed by atoms with Crippen molar-refractivity contribution in [3.8, 4) is 0 Å². The zero-order valence-electron chi connectivity index (χ0n) is 28.9. The molecule has 0 spiro atoms. The van der Waals surface area contributed by atoms with Crippen LogP contribution in [0.5, 0.6) is 0 Å². The van der Waals surface area contributed by atoms with Crippen LogP contribution in [0.4, 0.5) is 0 Å². The molecule has 0 radical (unpaired) electrons. The van der Waals surface area contributed by atoms with Crippen LogP contribution in [0.1, 0.15) is 36.1 Å². The number of rotatable bonds is 15. The summed E-state index contributed by atoms with van der Waals surface area (Å²) in [5.41, 5.74) is 3.77. The summed E-state index contributed by atoms with van der Waals surface area (Å²) in [4.78, 5) is 0. The van der Waals surface area contributed by atoms with Gasteiger partial charge >= 0.3 is 0 Å². The molecule has 1 N–H and O–H groups in total. The first-order valence-corrected chi connectivity index (χ1v) is 18.6. The Morgan fingerprint density at radius 2 is 0.900 bits per heavy atom. The van der Waals surface area contributed by atoms with E-state index < -0.39 is 49.0 Å². The second kappa shape index (κ2) is 18.4. The molecular weight excluding hydrogens is 653 g/mol. The first kappa shape index (κ1) is 36.7. The van der Waals surface area contributed by atoms with Crippen LogP contribution in [0.25, 0.3) is 0 Å². The van der Waals surface area contributed by atoms with Gasteiger partial charge in [-0.3, -0.25) is 0 Å². The van der Waals surface area contributed by atoms with Crippen molar-refractivity contribution in [1.82, 2.24) is 0 Å². The maximum absolute atomic E-state index is 11.5. The molecule has 2 aliphatic heterocycles. The van der Waals surface area contributed by atoms with Crippen LogP contribution >= 0.6 is 11.8 Å². The number of hydrogen-bond donors (Lipinski definition) is 1. The van der Waals surface area contributed by atoms with Gasteiger partial charge in [0.05, 0.1) is 38.6 Å². The molecule has 0 bridgehead atoms. The summed E-state index contributed by atoms with van der Waals surface area (Å²) >= 11 is 1.59. The molecule has 2 heterocycles. The van der Waals surface area contributed by atoms with Crippen molar-refractivity contribution in [3.63, 3.8) is 0 Å². The monoisotopic (exact) mass is 700 g/mol. The van der Waals surface area contributed by atoms with Gasteiger partial charge in [-0.1, -0.05) is 121 Å². The first-order chi connectivity index (χ1) is 24.5. The minimum Gasteiger partial charge on any atom is -0.388 e. The van der Waals surface area contributed by atoms with E-state index in [-0.39, 0.29) is 18.1 Å². The molecule has 9 heteroatoms. The Balaban J connectivity index is 1.28. The van der Waals surface area contributed by atoms with Crippen LogP contribution in [0.3, 0.4) is 0 Å². The fourth-order valence-electron chi connectivity index (χ4n) is 6.40. The van der Waals surface area contributed by atoms with Crippen LogP contribution < -0.4 is 0 Å². The third-order valence-corrected chi connectivity index (χ3v) is 9.99. The quantitative estimate of drug-likeness (QED) is 0.142. The summed E-state index contributed by atoms with van der Waals surface area (Å²) in [7, 11) is 0. The normalized spacial score (nSPS) is 29.8. The SMILES string of the molecule is CS[C@@H]1O[C@@H](C)[C@H](O[C@@H]2O[C@@H](C)[C@H](O)[C@@H](OCc3ccccc3)[C@H]2OCc2ccccc2)[C@@H](OCc2ccccc2)[C@H]1OCc1ccccc1. The van der Waals surface area contributed by atoms with Gasteiger partial charge in [0.15, 0.2) is 6.29 Å². The lowest BCUT2D eigenvalue weighted by molar-refractivity contribution is -0.347. The second-order valence-electron chi connectivity index (χ2n) is 12.8. The van der Waals surface area contributed by atoms with E-state index in [9.17, 15) is 5.11 Å². The van der Waals surface area contributed by atoms with E-state index in [0.29, 0.717) is 19.8 Å². The Morgan fingerprint density at radius 1 is 0.500 bits per heavy atom. The first-order valence-electron chi connectivity index (χ1n) is 17.3. The number of hydrogen-bond acceptors (Lipinski definition) is 9. The second-order valence-corrected chi connectivity index (χ2v) is 13.7. The predicted octanol–water partition coefficient (Wildman–Crippen LogP) is 6.93. The number of aliphatic hydroxyl groups excluding tert-OH is 1. The van der Waals surface area contributed by atoms with Crippen molar-refractivity contribution in [2.24, 2.45) is 0 Å². The van der Waals surface area contributed by atoms with Gasteiger partial charge in [-0.2, -0.15) is 0 Å². The molecule has 266 valence electrons. The van der Waals surface area contributed by atoms with E-state index >= 15 is 0 Å². The lowest BCUT2D eigenvalue weighted by Crippen LogP contribution is -2.64. The molecule has 6 rings (SSSR count). The molecule has 10 atom stereocenters. The fraction of sp³-hybridized carbons (Fsp3) is 0.415. The fourth-order valence-corrected chi connectivity index (χ4v) is 7.19. The summed E-state index contributed by atoms with van der Waals surface area (Å²) in [6, 6.07) is 40.0. The highest BCUT2D eigenvalue weighted by Gasteiger charge is 2.52. The van der Waals surface area contributed by atoms with E-state index in [0.717, 1.165) is 22.3 Å². The van der Waals surface area contributed by atoms with Gasteiger partial charge in [0.2, 0.25) is 0 Å². The van der Waals surface area contributed by atoms with Gasteiger partial charge in [0.1, 0.15) is 42.1 Å². The summed E-state index contributed by atoms with van der Waals surface area (Å²) in [6.07, 6.45) is -3.91. The molecule has 4 aromatic carbocycles. The lowest BCUT2D eigenvalue weighted by atomic mass is 9.97. The molecule has 0 aromatic heterocycles. The van der Waals surface area contributed by atoms with Crippen molar-refractivity contribution >= 4 is 11.8 Å². The predicted molar refractivity (Wildman–Crippen MR) is 193 cm³/mol. The Labute approximate surface area is 300 Å². The van der Waals surface area contributed by atoms with Crippen molar-refractivity contribution in [2.45, 2.75) is 101 Å². The number of thioether (sulfide) groups is 1. The van der Waals surface area contributed by atoms with Crippen molar-refractivity contribution < 1.29 is 38.3 Å². The highest BCUT2D eigenvalue weighted by Crippen LogP contribution is 2.37. The molecule has 2 aliphatic rings. The van der Waals surface area contributed by atoms with E-state index in [1.807, 2.05) is 141 Å². The molecule has 0 aliphatic carbocycles. The molecule has 8 nitrogen and oxygen atoms in total. The number of benzene rings is 4. The minimum absolute atomic E-state index is 0.281. The van der Waals surface area contributed by atoms with E-state index in [1.165, 1.54) is 0 Å². The molecule has 2 saturated heterocycles. The molecule has 0 unspecified atom stereocenters. The van der Waals surface area contributed by atoms with Gasteiger partial charge in [-0.15, -0.1) is 11.8 Å². The van der Waals surface area contributed by atoms with Crippen LogP contribution in [0, 0.1) is 0 Å². The summed E-state index contributed by atoms with van der Waals surface area (Å²) in [6.45, 7) is 5.14. The molecule has 0 saturated carbocycles. The Morgan fingerprint density at radius 3 is 1.34 bits per heavy atom. The summed E-state index contributed by atoms with van der Waals surface area (Å²) in [5.74, 6) is 0. The number of ether oxygens (including phenoxy) is 7. The molecule has 50 heavy (non-hydrogen) atoms. The average Bonchev–Trinajstić information content (AvgIpc) is 3.16. The highest BCUT2D eigenvalue weighted by atomic mass is 32.2. The van der Waals surface area contributed by atoms with E-state index in [1.54, 1.807) is 11.8 Å². The van der Waals surface area contributed by atoms with Crippen LogP contribution in [0.2, 0.25) is 0 Å². The third kappa shape index (κ3) is 9.61. The van der Waals surface area contributed by atoms with Gasteiger partial charge in [0.25, 0.3) is 0 Å².